The van der Waals surface area contributed by atoms with Gasteiger partial charge in [0.25, 0.3) is 5.91 Å². The maximum atomic E-state index is 13.2. The summed E-state index contributed by atoms with van der Waals surface area (Å²) in [5.41, 5.74) is 1.39. The summed E-state index contributed by atoms with van der Waals surface area (Å²) >= 11 is 6.22. The summed E-state index contributed by atoms with van der Waals surface area (Å²) in [4.78, 5) is 24.7. The average molecular weight is 461 g/mol. The molecular formula is C22H18ClFN2O4S. The van der Waals surface area contributed by atoms with E-state index in [0.717, 1.165) is 6.26 Å². The van der Waals surface area contributed by atoms with E-state index < -0.39 is 21.6 Å². The molecule has 0 spiro atoms. The number of halogens is 2. The van der Waals surface area contributed by atoms with Gasteiger partial charge in [-0.2, -0.15) is 0 Å². The van der Waals surface area contributed by atoms with E-state index in [-0.39, 0.29) is 27.8 Å². The molecule has 0 radical (unpaired) electrons. The molecule has 9 heteroatoms. The number of amides is 2. The molecule has 3 aromatic carbocycles. The Balaban J connectivity index is 1.68. The maximum Gasteiger partial charge on any atom is 0.255 e. The fourth-order valence-corrected chi connectivity index (χ4v) is 3.69. The summed E-state index contributed by atoms with van der Waals surface area (Å²) in [7, 11) is -3.45. The van der Waals surface area contributed by atoms with Crippen molar-refractivity contribution in [1.82, 2.24) is 0 Å². The lowest BCUT2D eigenvalue weighted by atomic mass is 10.1. The van der Waals surface area contributed by atoms with Gasteiger partial charge in [0.15, 0.2) is 9.84 Å². The zero-order valence-electron chi connectivity index (χ0n) is 16.4. The Kier molecular flexibility index (Phi) is 6.72. The minimum Gasteiger partial charge on any atom is -0.326 e. The van der Waals surface area contributed by atoms with Gasteiger partial charge in [0.2, 0.25) is 5.91 Å². The summed E-state index contributed by atoms with van der Waals surface area (Å²) in [6.45, 7) is 0. The van der Waals surface area contributed by atoms with E-state index in [1.807, 2.05) is 0 Å². The van der Waals surface area contributed by atoms with Gasteiger partial charge < -0.3 is 10.6 Å². The number of benzene rings is 3. The van der Waals surface area contributed by atoms with E-state index >= 15 is 0 Å². The van der Waals surface area contributed by atoms with Gasteiger partial charge in [0.1, 0.15) is 5.82 Å². The molecule has 0 aliphatic carbocycles. The van der Waals surface area contributed by atoms with Crippen molar-refractivity contribution in [2.75, 3.05) is 16.9 Å². The standard InChI is InChI=1S/C22H18ClFN2O4S/c1-31(29,30)18-7-3-5-15(12-18)22(28)26-20-9-8-17(13-19(20)23)25-21(27)11-14-4-2-6-16(24)10-14/h2-10,12-13H,11H2,1H3,(H,25,27)(H,26,28). The average Bonchev–Trinajstić information content (AvgIpc) is 2.69. The molecule has 0 aromatic heterocycles. The van der Waals surface area contributed by atoms with Gasteiger partial charge in [-0.1, -0.05) is 29.8 Å². The number of nitrogens with one attached hydrogen (secondary N) is 2. The second kappa shape index (κ2) is 9.28. The van der Waals surface area contributed by atoms with Crippen LogP contribution in [0.3, 0.4) is 0 Å². The third-order valence-corrected chi connectivity index (χ3v) is 5.70. The molecule has 2 amide bonds. The molecule has 0 aliphatic rings. The highest BCUT2D eigenvalue weighted by molar-refractivity contribution is 7.90. The van der Waals surface area contributed by atoms with E-state index in [4.69, 9.17) is 11.6 Å². The van der Waals surface area contributed by atoms with E-state index in [9.17, 15) is 22.4 Å². The largest absolute Gasteiger partial charge is 0.326 e. The molecule has 3 aromatic rings. The topological polar surface area (TPSA) is 92.3 Å². The van der Waals surface area contributed by atoms with E-state index in [1.54, 1.807) is 12.1 Å². The molecule has 0 saturated heterocycles. The summed E-state index contributed by atoms with van der Waals surface area (Å²) in [5.74, 6) is -1.30. The van der Waals surface area contributed by atoms with Crippen LogP contribution in [0.2, 0.25) is 5.02 Å². The predicted octanol–water partition coefficient (Wildman–Crippen LogP) is 4.32. The first-order valence-corrected chi connectivity index (χ1v) is 11.3. The van der Waals surface area contributed by atoms with Crippen molar-refractivity contribution in [3.8, 4) is 0 Å². The zero-order valence-corrected chi connectivity index (χ0v) is 17.9. The normalized spacial score (nSPS) is 11.1. The van der Waals surface area contributed by atoms with Gasteiger partial charge in [0, 0.05) is 17.5 Å². The Morgan fingerprint density at radius 2 is 1.71 bits per heavy atom. The first kappa shape index (κ1) is 22.5. The van der Waals surface area contributed by atoms with Crippen molar-refractivity contribution < 1.29 is 22.4 Å². The Hall–Kier alpha value is -3.23. The maximum absolute atomic E-state index is 13.2. The number of hydrogen-bond acceptors (Lipinski definition) is 4. The highest BCUT2D eigenvalue weighted by atomic mass is 35.5. The van der Waals surface area contributed by atoms with Crippen LogP contribution >= 0.6 is 11.6 Å². The molecule has 0 saturated carbocycles. The Labute approximate surface area is 184 Å². The Morgan fingerprint density at radius 1 is 0.968 bits per heavy atom. The Morgan fingerprint density at radius 3 is 2.39 bits per heavy atom. The van der Waals surface area contributed by atoms with Crippen molar-refractivity contribution in [3.05, 3.63) is 88.7 Å². The van der Waals surface area contributed by atoms with Crippen LogP contribution in [0.25, 0.3) is 0 Å². The molecule has 0 fully saturated rings. The molecule has 6 nitrogen and oxygen atoms in total. The highest BCUT2D eigenvalue weighted by Gasteiger charge is 2.14. The molecule has 0 heterocycles. The number of carbonyl (C=O) groups is 2. The summed E-state index contributed by atoms with van der Waals surface area (Å²) in [6, 6.07) is 15.9. The zero-order chi connectivity index (χ0) is 22.6. The molecule has 160 valence electrons. The number of rotatable bonds is 6. The third kappa shape index (κ3) is 6.13. The van der Waals surface area contributed by atoms with E-state index in [1.165, 1.54) is 54.6 Å². The first-order chi connectivity index (χ1) is 14.6. The van der Waals surface area contributed by atoms with Crippen LogP contribution in [-0.4, -0.2) is 26.5 Å². The predicted molar refractivity (Wildman–Crippen MR) is 118 cm³/mol. The molecule has 3 rings (SSSR count). The van der Waals surface area contributed by atoms with E-state index in [2.05, 4.69) is 10.6 Å². The van der Waals surface area contributed by atoms with Gasteiger partial charge in [-0.15, -0.1) is 0 Å². The smallest absolute Gasteiger partial charge is 0.255 e. The van der Waals surface area contributed by atoms with Crippen LogP contribution < -0.4 is 10.6 Å². The number of anilines is 2. The van der Waals surface area contributed by atoms with Crippen molar-refractivity contribution in [2.24, 2.45) is 0 Å². The molecule has 0 bridgehead atoms. The van der Waals surface area contributed by atoms with Crippen molar-refractivity contribution >= 4 is 44.6 Å². The van der Waals surface area contributed by atoms with Crippen LogP contribution in [0.15, 0.2) is 71.6 Å². The fraction of sp³-hybridized carbons (Fsp3) is 0.0909. The van der Waals surface area contributed by atoms with E-state index in [0.29, 0.717) is 16.9 Å². The van der Waals surface area contributed by atoms with Crippen LogP contribution in [0.4, 0.5) is 15.8 Å². The summed E-state index contributed by atoms with van der Waals surface area (Å²) in [6.07, 6.45) is 1.05. The van der Waals surface area contributed by atoms with Crippen LogP contribution in [0, 0.1) is 5.82 Å². The highest BCUT2D eigenvalue weighted by Crippen LogP contribution is 2.26. The van der Waals surface area contributed by atoms with Crippen molar-refractivity contribution in [1.29, 1.82) is 0 Å². The number of carbonyl (C=O) groups excluding carboxylic acids is 2. The molecule has 0 aliphatic heterocycles. The van der Waals surface area contributed by atoms with Crippen LogP contribution in [0.5, 0.6) is 0 Å². The van der Waals surface area contributed by atoms with Crippen molar-refractivity contribution in [3.63, 3.8) is 0 Å². The van der Waals surface area contributed by atoms with Crippen LogP contribution in [-0.2, 0) is 21.1 Å². The Bertz CT molecular complexity index is 1260. The van der Waals surface area contributed by atoms with Crippen molar-refractivity contribution in [2.45, 2.75) is 11.3 Å². The fourth-order valence-electron chi connectivity index (χ4n) is 2.79. The number of hydrogen-bond donors (Lipinski definition) is 2. The molecule has 31 heavy (non-hydrogen) atoms. The summed E-state index contributed by atoms with van der Waals surface area (Å²) in [5, 5.41) is 5.45. The first-order valence-electron chi connectivity index (χ1n) is 9.07. The molecule has 0 atom stereocenters. The van der Waals surface area contributed by atoms with Crippen LogP contribution in [0.1, 0.15) is 15.9 Å². The van der Waals surface area contributed by atoms with Gasteiger partial charge in [-0.05, 0) is 54.1 Å². The molecule has 2 N–H and O–H groups in total. The lowest BCUT2D eigenvalue weighted by Gasteiger charge is -2.11. The third-order valence-electron chi connectivity index (χ3n) is 4.28. The van der Waals surface area contributed by atoms with Gasteiger partial charge in [0.05, 0.1) is 22.0 Å². The second-order valence-electron chi connectivity index (χ2n) is 6.80. The lowest BCUT2D eigenvalue weighted by Crippen LogP contribution is -2.15. The van der Waals surface area contributed by atoms with Gasteiger partial charge in [-0.3, -0.25) is 9.59 Å². The molecule has 0 unspecified atom stereocenters. The minimum absolute atomic E-state index is 0.00938. The second-order valence-corrected chi connectivity index (χ2v) is 9.23. The van der Waals surface area contributed by atoms with Gasteiger partial charge in [-0.25, -0.2) is 12.8 Å². The minimum atomic E-state index is -3.45. The number of sulfone groups is 1. The summed E-state index contributed by atoms with van der Waals surface area (Å²) < 4.78 is 36.6. The SMILES string of the molecule is CS(=O)(=O)c1cccc(C(=O)Nc2ccc(NC(=O)Cc3cccc(F)c3)cc2Cl)c1. The monoisotopic (exact) mass is 460 g/mol. The quantitative estimate of drug-likeness (QED) is 0.573. The lowest BCUT2D eigenvalue weighted by molar-refractivity contribution is -0.115. The van der Waals surface area contributed by atoms with Gasteiger partial charge >= 0.3 is 0 Å². The molecular weight excluding hydrogens is 443 g/mol.